The molecule has 29 heavy (non-hydrogen) atoms. The summed E-state index contributed by atoms with van der Waals surface area (Å²) in [6.07, 6.45) is 0. The van der Waals surface area contributed by atoms with E-state index in [1.165, 1.54) is 33.4 Å². The molecule has 0 aliphatic rings. The molecule has 3 aromatic rings. The van der Waals surface area contributed by atoms with Crippen LogP contribution in [0.2, 0.25) is 0 Å². The summed E-state index contributed by atoms with van der Waals surface area (Å²) in [6.45, 7) is 10.9. The lowest BCUT2D eigenvalue weighted by Crippen LogP contribution is -2.07. The van der Waals surface area contributed by atoms with Crippen LogP contribution in [0, 0.1) is 20.8 Å². The van der Waals surface area contributed by atoms with Crippen molar-refractivity contribution in [1.29, 1.82) is 0 Å². The van der Waals surface area contributed by atoms with Gasteiger partial charge in [0, 0.05) is 6.61 Å². The molecule has 3 aromatic carbocycles. The lowest BCUT2D eigenvalue weighted by Gasteiger charge is -2.18. The molecular weight excluding hydrogens is 360 g/mol. The molecule has 0 aliphatic heterocycles. The second-order valence-electron chi connectivity index (χ2n) is 7.17. The fourth-order valence-corrected chi connectivity index (χ4v) is 3.58. The molecule has 0 bridgehead atoms. The fourth-order valence-electron chi connectivity index (χ4n) is 3.58. The van der Waals surface area contributed by atoms with Crippen LogP contribution in [0.3, 0.4) is 0 Å². The minimum atomic E-state index is 0.556. The Hall–Kier alpha value is -2.78. The predicted molar refractivity (Wildman–Crippen MR) is 119 cm³/mol. The molecule has 0 N–H and O–H groups in total. The van der Waals surface area contributed by atoms with Gasteiger partial charge in [0.05, 0.1) is 6.61 Å². The Balaban J connectivity index is 1.81. The third kappa shape index (κ3) is 5.39. The van der Waals surface area contributed by atoms with Crippen molar-refractivity contribution in [1.82, 2.24) is 0 Å². The highest BCUT2D eigenvalue weighted by Gasteiger charge is 2.13. The quantitative estimate of drug-likeness (QED) is 0.403. The molecule has 0 aromatic heterocycles. The summed E-state index contributed by atoms with van der Waals surface area (Å²) in [6, 6.07) is 20.6. The molecule has 0 unspecified atom stereocenters. The summed E-state index contributed by atoms with van der Waals surface area (Å²) in [7, 11) is 0. The highest BCUT2D eigenvalue weighted by molar-refractivity contribution is 5.75. The number of ether oxygens (including phenoxy) is 3. The first-order valence-corrected chi connectivity index (χ1v) is 10.2. The van der Waals surface area contributed by atoms with Crippen LogP contribution in [0.5, 0.6) is 11.5 Å². The predicted octanol–water partition coefficient (Wildman–Crippen LogP) is 6.27. The molecule has 0 amide bonds. The van der Waals surface area contributed by atoms with Crippen molar-refractivity contribution in [3.8, 4) is 22.6 Å². The summed E-state index contributed by atoms with van der Waals surface area (Å²) in [5, 5.41) is 0. The van der Waals surface area contributed by atoms with Crippen molar-refractivity contribution in [3.05, 3.63) is 82.9 Å². The SMILES string of the molecule is CCOCCOc1cc(C)c(-c2cccc(COc3ccccc3)c2C)c(C)c1. The van der Waals surface area contributed by atoms with Crippen LogP contribution in [-0.2, 0) is 11.3 Å². The third-order valence-electron chi connectivity index (χ3n) is 5.06. The molecule has 3 heteroatoms. The number of hydrogen-bond acceptors (Lipinski definition) is 3. The second kappa shape index (κ2) is 10.1. The van der Waals surface area contributed by atoms with Crippen molar-refractivity contribution < 1.29 is 14.2 Å². The zero-order chi connectivity index (χ0) is 20.6. The average molecular weight is 391 g/mol. The van der Waals surface area contributed by atoms with Crippen LogP contribution in [-0.4, -0.2) is 19.8 Å². The number of para-hydroxylation sites is 1. The van der Waals surface area contributed by atoms with E-state index in [-0.39, 0.29) is 0 Å². The van der Waals surface area contributed by atoms with Crippen molar-refractivity contribution in [2.75, 3.05) is 19.8 Å². The van der Waals surface area contributed by atoms with E-state index in [1.54, 1.807) is 0 Å². The first-order valence-electron chi connectivity index (χ1n) is 10.2. The topological polar surface area (TPSA) is 27.7 Å². The van der Waals surface area contributed by atoms with Crippen LogP contribution in [0.1, 0.15) is 29.2 Å². The Morgan fingerprint density at radius 2 is 1.45 bits per heavy atom. The summed E-state index contributed by atoms with van der Waals surface area (Å²) >= 11 is 0. The molecule has 152 valence electrons. The number of rotatable bonds is 9. The Morgan fingerprint density at radius 1 is 0.724 bits per heavy atom. The van der Waals surface area contributed by atoms with Gasteiger partial charge in [-0.1, -0.05) is 36.4 Å². The van der Waals surface area contributed by atoms with E-state index in [4.69, 9.17) is 14.2 Å². The van der Waals surface area contributed by atoms with Crippen molar-refractivity contribution >= 4 is 0 Å². The van der Waals surface area contributed by atoms with Gasteiger partial charge in [0.15, 0.2) is 0 Å². The highest BCUT2D eigenvalue weighted by Crippen LogP contribution is 2.34. The second-order valence-corrected chi connectivity index (χ2v) is 7.17. The largest absolute Gasteiger partial charge is 0.491 e. The molecule has 0 heterocycles. The maximum Gasteiger partial charge on any atom is 0.119 e. The molecule has 0 radical (unpaired) electrons. The van der Waals surface area contributed by atoms with Gasteiger partial charge in [0.25, 0.3) is 0 Å². The van der Waals surface area contributed by atoms with Gasteiger partial charge in [-0.25, -0.2) is 0 Å². The van der Waals surface area contributed by atoms with Gasteiger partial charge < -0.3 is 14.2 Å². The summed E-state index contributed by atoms with van der Waals surface area (Å²) < 4.78 is 17.2. The van der Waals surface area contributed by atoms with Gasteiger partial charge in [0.1, 0.15) is 24.7 Å². The van der Waals surface area contributed by atoms with Gasteiger partial charge in [0.2, 0.25) is 0 Å². The first kappa shape index (κ1) is 20.9. The van der Waals surface area contributed by atoms with Gasteiger partial charge in [-0.3, -0.25) is 0 Å². The summed E-state index contributed by atoms with van der Waals surface area (Å²) in [4.78, 5) is 0. The van der Waals surface area contributed by atoms with Gasteiger partial charge in [-0.15, -0.1) is 0 Å². The van der Waals surface area contributed by atoms with E-state index in [2.05, 4.69) is 51.1 Å². The molecule has 3 rings (SSSR count). The smallest absolute Gasteiger partial charge is 0.119 e. The zero-order valence-electron chi connectivity index (χ0n) is 17.8. The van der Waals surface area contributed by atoms with Gasteiger partial charge in [-0.05, 0) is 85.3 Å². The van der Waals surface area contributed by atoms with Crippen LogP contribution >= 0.6 is 0 Å². The zero-order valence-corrected chi connectivity index (χ0v) is 17.8. The Labute approximate surface area is 174 Å². The first-order chi connectivity index (χ1) is 14.1. The maximum atomic E-state index is 5.98. The van der Waals surface area contributed by atoms with E-state index in [1.807, 2.05) is 37.3 Å². The number of benzene rings is 3. The van der Waals surface area contributed by atoms with Crippen molar-refractivity contribution in [3.63, 3.8) is 0 Å². The molecular formula is C26H30O3. The fraction of sp³-hybridized carbons (Fsp3) is 0.308. The molecule has 3 nitrogen and oxygen atoms in total. The van der Waals surface area contributed by atoms with Gasteiger partial charge >= 0.3 is 0 Å². The summed E-state index contributed by atoms with van der Waals surface area (Å²) in [5.74, 6) is 1.78. The number of aryl methyl sites for hydroxylation is 2. The molecule has 0 fully saturated rings. The standard InChI is InChI=1S/C26H30O3/c1-5-27-14-15-28-24-16-19(2)26(20(3)17-24)25-13-9-10-22(21(25)4)18-29-23-11-7-6-8-12-23/h6-13,16-17H,5,14-15,18H2,1-4H3. The Morgan fingerprint density at radius 3 is 2.14 bits per heavy atom. The van der Waals surface area contributed by atoms with Crippen LogP contribution in [0.25, 0.3) is 11.1 Å². The summed E-state index contributed by atoms with van der Waals surface area (Å²) in [5.41, 5.74) is 7.37. The van der Waals surface area contributed by atoms with Crippen LogP contribution < -0.4 is 9.47 Å². The molecule has 0 spiro atoms. The van der Waals surface area contributed by atoms with Crippen molar-refractivity contribution in [2.24, 2.45) is 0 Å². The van der Waals surface area contributed by atoms with Gasteiger partial charge in [-0.2, -0.15) is 0 Å². The Bertz CT molecular complexity index is 909. The van der Waals surface area contributed by atoms with Crippen LogP contribution in [0.4, 0.5) is 0 Å². The Kier molecular flexibility index (Phi) is 7.31. The van der Waals surface area contributed by atoms with E-state index in [9.17, 15) is 0 Å². The number of hydrogen-bond donors (Lipinski definition) is 0. The minimum absolute atomic E-state index is 0.556. The van der Waals surface area contributed by atoms with E-state index in [0.29, 0.717) is 26.4 Å². The van der Waals surface area contributed by atoms with Crippen molar-refractivity contribution in [2.45, 2.75) is 34.3 Å². The normalized spacial score (nSPS) is 10.8. The minimum Gasteiger partial charge on any atom is -0.491 e. The average Bonchev–Trinajstić information content (AvgIpc) is 2.72. The van der Waals surface area contributed by atoms with E-state index >= 15 is 0 Å². The molecule has 0 aliphatic carbocycles. The third-order valence-corrected chi connectivity index (χ3v) is 5.06. The lowest BCUT2D eigenvalue weighted by atomic mass is 9.90. The van der Waals surface area contributed by atoms with E-state index in [0.717, 1.165) is 11.5 Å². The monoisotopic (exact) mass is 390 g/mol. The maximum absolute atomic E-state index is 5.98. The highest BCUT2D eigenvalue weighted by atomic mass is 16.5. The molecule has 0 saturated heterocycles. The molecule has 0 atom stereocenters. The lowest BCUT2D eigenvalue weighted by molar-refractivity contribution is 0.110. The van der Waals surface area contributed by atoms with E-state index < -0.39 is 0 Å². The molecule has 0 saturated carbocycles. The van der Waals surface area contributed by atoms with Crippen LogP contribution in [0.15, 0.2) is 60.7 Å².